The Morgan fingerprint density at radius 3 is 2.56 bits per heavy atom. The lowest BCUT2D eigenvalue weighted by molar-refractivity contribution is -0.384. The summed E-state index contributed by atoms with van der Waals surface area (Å²) in [6, 6.07) is 6.47. The van der Waals surface area contributed by atoms with E-state index in [2.05, 4.69) is 10.3 Å². The van der Waals surface area contributed by atoms with Crippen molar-refractivity contribution >= 4 is 63.0 Å². The van der Waals surface area contributed by atoms with E-state index in [1.54, 1.807) is 0 Å². The van der Waals surface area contributed by atoms with Crippen LogP contribution in [-0.2, 0) is 11.3 Å². The van der Waals surface area contributed by atoms with E-state index in [1.807, 2.05) is 0 Å². The Labute approximate surface area is 166 Å². The predicted octanol–water partition coefficient (Wildman–Crippen LogP) is 3.90. The summed E-state index contributed by atoms with van der Waals surface area (Å²) in [6.07, 6.45) is 1.14. The number of carbonyl (C=O) groups excluding carboxylic acids is 1. The van der Waals surface area contributed by atoms with Gasteiger partial charge >= 0.3 is 0 Å². The van der Waals surface area contributed by atoms with Crippen molar-refractivity contribution in [2.75, 3.05) is 5.32 Å². The number of nitro benzene ring substituents is 1. The number of carbonyl (C=O) groups is 1. The normalized spacial score (nSPS) is 10.8. The van der Waals surface area contributed by atoms with Crippen LogP contribution >= 0.6 is 34.8 Å². The van der Waals surface area contributed by atoms with E-state index in [9.17, 15) is 19.7 Å². The molecule has 0 atom stereocenters. The molecule has 0 aliphatic heterocycles. The van der Waals surface area contributed by atoms with Gasteiger partial charge in [0.05, 0.1) is 42.9 Å². The van der Waals surface area contributed by atoms with Crippen molar-refractivity contribution in [3.8, 4) is 0 Å². The van der Waals surface area contributed by atoms with Crippen LogP contribution in [0.4, 0.5) is 11.4 Å². The average Bonchev–Trinajstić information content (AvgIpc) is 2.61. The number of hydrogen-bond donors (Lipinski definition) is 1. The van der Waals surface area contributed by atoms with Crippen LogP contribution in [0.2, 0.25) is 15.1 Å². The Balaban J connectivity index is 1.86. The van der Waals surface area contributed by atoms with E-state index in [-0.39, 0.29) is 43.9 Å². The number of nitrogens with one attached hydrogen (secondary N) is 1. The number of fused-ring (bicyclic) bond motifs is 1. The van der Waals surface area contributed by atoms with Gasteiger partial charge < -0.3 is 5.32 Å². The summed E-state index contributed by atoms with van der Waals surface area (Å²) in [5, 5.41) is 14.1. The number of hydrogen-bond acceptors (Lipinski definition) is 5. The molecule has 0 aliphatic carbocycles. The van der Waals surface area contributed by atoms with Crippen LogP contribution in [0.15, 0.2) is 41.5 Å². The van der Waals surface area contributed by atoms with Gasteiger partial charge in [0.25, 0.3) is 11.2 Å². The molecular weight excluding hydrogens is 419 g/mol. The number of aromatic nitrogens is 2. The highest BCUT2D eigenvalue weighted by Crippen LogP contribution is 2.32. The minimum absolute atomic E-state index is 0.156. The Morgan fingerprint density at radius 2 is 1.85 bits per heavy atom. The fourth-order valence-corrected chi connectivity index (χ4v) is 2.93. The molecule has 8 nitrogen and oxygen atoms in total. The molecule has 1 aromatic heterocycles. The van der Waals surface area contributed by atoms with Crippen LogP contribution in [0.1, 0.15) is 0 Å². The predicted molar refractivity (Wildman–Crippen MR) is 103 cm³/mol. The van der Waals surface area contributed by atoms with Gasteiger partial charge in [-0.05, 0) is 18.2 Å². The van der Waals surface area contributed by atoms with Gasteiger partial charge in [0, 0.05) is 12.1 Å². The lowest BCUT2D eigenvalue weighted by Crippen LogP contribution is -2.28. The number of rotatable bonds is 4. The number of benzene rings is 2. The van der Waals surface area contributed by atoms with Crippen LogP contribution < -0.4 is 10.9 Å². The Kier molecular flexibility index (Phi) is 5.31. The molecule has 0 unspecified atom stereocenters. The minimum atomic E-state index is -0.582. The van der Waals surface area contributed by atoms with Crippen molar-refractivity contribution in [1.29, 1.82) is 0 Å². The van der Waals surface area contributed by atoms with Crippen LogP contribution in [0, 0.1) is 10.1 Å². The van der Waals surface area contributed by atoms with Crippen molar-refractivity contribution in [2.24, 2.45) is 0 Å². The lowest BCUT2D eigenvalue weighted by Gasteiger charge is -2.10. The molecule has 138 valence electrons. The first kappa shape index (κ1) is 19.1. The third-order valence-electron chi connectivity index (χ3n) is 3.62. The average molecular weight is 428 g/mol. The second-order valence-electron chi connectivity index (χ2n) is 5.43. The van der Waals surface area contributed by atoms with Crippen molar-refractivity contribution in [3.05, 3.63) is 72.2 Å². The number of halogens is 3. The molecular formula is C16H9Cl3N4O4. The first-order valence-electron chi connectivity index (χ1n) is 7.34. The highest BCUT2D eigenvalue weighted by Gasteiger charge is 2.14. The monoisotopic (exact) mass is 426 g/mol. The van der Waals surface area contributed by atoms with E-state index < -0.39 is 16.4 Å². The Bertz CT molecular complexity index is 1150. The summed E-state index contributed by atoms with van der Waals surface area (Å²) < 4.78 is 1.08. The molecule has 0 saturated carbocycles. The molecule has 3 rings (SSSR count). The summed E-state index contributed by atoms with van der Waals surface area (Å²) in [5.41, 5.74) is -0.281. The number of non-ortho nitro benzene ring substituents is 1. The van der Waals surface area contributed by atoms with E-state index in [4.69, 9.17) is 34.8 Å². The van der Waals surface area contributed by atoms with Crippen molar-refractivity contribution in [1.82, 2.24) is 9.55 Å². The molecule has 0 fully saturated rings. The topological polar surface area (TPSA) is 107 Å². The zero-order valence-electron chi connectivity index (χ0n) is 13.3. The van der Waals surface area contributed by atoms with Gasteiger partial charge in [-0.2, -0.15) is 0 Å². The Morgan fingerprint density at radius 1 is 1.15 bits per heavy atom. The first-order chi connectivity index (χ1) is 12.8. The summed E-state index contributed by atoms with van der Waals surface area (Å²) in [4.78, 5) is 38.9. The van der Waals surface area contributed by atoms with Gasteiger partial charge in [0.2, 0.25) is 5.91 Å². The summed E-state index contributed by atoms with van der Waals surface area (Å²) in [5.74, 6) is -0.541. The minimum Gasteiger partial charge on any atom is -0.323 e. The molecule has 27 heavy (non-hydrogen) atoms. The molecule has 0 saturated heterocycles. The van der Waals surface area contributed by atoms with Gasteiger partial charge in [-0.1, -0.05) is 34.8 Å². The fourth-order valence-electron chi connectivity index (χ4n) is 2.34. The highest BCUT2D eigenvalue weighted by atomic mass is 35.5. The van der Waals surface area contributed by atoms with Crippen LogP contribution in [0.3, 0.4) is 0 Å². The van der Waals surface area contributed by atoms with Crippen molar-refractivity contribution in [2.45, 2.75) is 6.54 Å². The molecule has 0 aliphatic rings. The standard InChI is InChI=1S/C16H9Cl3N4O4/c17-10-4-12(19)14(5-11(10)18)21-15(24)6-22-7-20-13-3-8(23(26)27)1-2-9(13)16(22)25/h1-5,7H,6H2,(H,21,24). The maximum Gasteiger partial charge on any atom is 0.271 e. The van der Waals surface area contributed by atoms with E-state index in [0.717, 1.165) is 10.9 Å². The molecule has 11 heteroatoms. The smallest absolute Gasteiger partial charge is 0.271 e. The van der Waals surface area contributed by atoms with Crippen LogP contribution in [0.5, 0.6) is 0 Å². The van der Waals surface area contributed by atoms with Crippen molar-refractivity contribution < 1.29 is 9.72 Å². The maximum atomic E-state index is 12.5. The zero-order chi connectivity index (χ0) is 19.7. The number of nitro groups is 1. The van der Waals surface area contributed by atoms with Crippen LogP contribution in [-0.4, -0.2) is 20.4 Å². The molecule has 0 spiro atoms. The zero-order valence-corrected chi connectivity index (χ0v) is 15.5. The second kappa shape index (κ2) is 7.51. The molecule has 0 radical (unpaired) electrons. The third kappa shape index (κ3) is 4.02. The molecule has 3 aromatic rings. The molecule has 1 heterocycles. The van der Waals surface area contributed by atoms with Gasteiger partial charge in [0.1, 0.15) is 6.54 Å². The van der Waals surface area contributed by atoms with Gasteiger partial charge in [-0.25, -0.2) is 4.98 Å². The molecule has 2 aromatic carbocycles. The summed E-state index contributed by atoms with van der Waals surface area (Å²) in [6.45, 7) is -0.338. The van der Waals surface area contributed by atoms with E-state index in [0.29, 0.717) is 0 Å². The quantitative estimate of drug-likeness (QED) is 0.386. The third-order valence-corrected chi connectivity index (χ3v) is 4.65. The summed E-state index contributed by atoms with van der Waals surface area (Å²) in [7, 11) is 0. The molecule has 0 bridgehead atoms. The fraction of sp³-hybridized carbons (Fsp3) is 0.0625. The largest absolute Gasteiger partial charge is 0.323 e. The highest BCUT2D eigenvalue weighted by molar-refractivity contribution is 6.44. The van der Waals surface area contributed by atoms with Gasteiger partial charge in [-0.3, -0.25) is 24.3 Å². The summed E-state index contributed by atoms with van der Waals surface area (Å²) >= 11 is 17.7. The maximum absolute atomic E-state index is 12.5. The number of anilines is 1. The van der Waals surface area contributed by atoms with E-state index >= 15 is 0 Å². The molecule has 1 N–H and O–H groups in total. The number of nitrogens with zero attached hydrogens (tertiary/aromatic N) is 3. The van der Waals surface area contributed by atoms with Gasteiger partial charge in [0.15, 0.2) is 0 Å². The lowest BCUT2D eigenvalue weighted by atomic mass is 10.2. The molecule has 1 amide bonds. The van der Waals surface area contributed by atoms with Crippen LogP contribution in [0.25, 0.3) is 10.9 Å². The Hall–Kier alpha value is -2.68. The number of amides is 1. The van der Waals surface area contributed by atoms with Gasteiger partial charge in [-0.15, -0.1) is 0 Å². The van der Waals surface area contributed by atoms with Crippen molar-refractivity contribution in [3.63, 3.8) is 0 Å². The van der Waals surface area contributed by atoms with E-state index in [1.165, 1.54) is 30.3 Å². The first-order valence-corrected chi connectivity index (χ1v) is 8.47. The second-order valence-corrected chi connectivity index (χ2v) is 6.65. The SMILES string of the molecule is O=C(Cn1cnc2cc([N+](=O)[O-])ccc2c1=O)Nc1cc(Cl)c(Cl)cc1Cl.